The summed E-state index contributed by atoms with van der Waals surface area (Å²) in [6.45, 7) is 6.59. The number of anilines is 1. The first kappa shape index (κ1) is 13.8. The monoisotopic (exact) mass is 285 g/mol. The zero-order valence-corrected chi connectivity index (χ0v) is 12.5. The fourth-order valence-electron chi connectivity index (χ4n) is 2.68. The predicted octanol–water partition coefficient (Wildman–Crippen LogP) is 1.02. The van der Waals surface area contributed by atoms with Gasteiger partial charge in [-0.15, -0.1) is 5.10 Å². The number of aryl methyl sites for hydroxylation is 1. The van der Waals surface area contributed by atoms with E-state index in [-0.39, 0.29) is 5.92 Å². The van der Waals surface area contributed by atoms with Gasteiger partial charge in [-0.05, 0) is 32.3 Å². The number of carbonyl (C=O) groups excluding carboxylic acids is 1. The van der Waals surface area contributed by atoms with E-state index in [9.17, 15) is 10.1 Å². The molecule has 0 atom stereocenters. The Bertz CT molecular complexity index is 609. The van der Waals surface area contributed by atoms with E-state index in [4.69, 9.17) is 0 Å². The van der Waals surface area contributed by atoms with Crippen LogP contribution < -0.4 is 4.90 Å². The van der Waals surface area contributed by atoms with E-state index in [1.807, 2.05) is 18.7 Å². The van der Waals surface area contributed by atoms with E-state index in [2.05, 4.69) is 21.2 Å². The number of rotatable bonds is 2. The summed E-state index contributed by atoms with van der Waals surface area (Å²) in [5.41, 5.74) is 2.28. The van der Waals surface area contributed by atoms with Crippen LogP contribution in [0.5, 0.6) is 0 Å². The first-order valence-electron chi connectivity index (χ1n) is 7.39. The zero-order chi connectivity index (χ0) is 15.0. The standard InChI is InChI=1S/C15H19N5O/c1-10-11(2)17-18-14(13(10)9-16)19-5-7-20(8-6-19)15(21)12-3-4-12/h12H,3-8H2,1-2H3. The second-order valence-corrected chi connectivity index (χ2v) is 5.81. The third kappa shape index (κ3) is 2.56. The van der Waals surface area contributed by atoms with Crippen LogP contribution in [-0.4, -0.2) is 47.2 Å². The molecule has 1 aliphatic carbocycles. The van der Waals surface area contributed by atoms with Crippen LogP contribution in [-0.2, 0) is 4.79 Å². The molecule has 6 heteroatoms. The number of hydrogen-bond acceptors (Lipinski definition) is 5. The molecular weight excluding hydrogens is 266 g/mol. The van der Waals surface area contributed by atoms with Crippen molar-refractivity contribution in [1.29, 1.82) is 5.26 Å². The van der Waals surface area contributed by atoms with Crippen LogP contribution in [0.4, 0.5) is 5.82 Å². The molecular formula is C15H19N5O. The molecule has 0 bridgehead atoms. The Balaban J connectivity index is 1.74. The van der Waals surface area contributed by atoms with E-state index >= 15 is 0 Å². The number of carbonyl (C=O) groups is 1. The van der Waals surface area contributed by atoms with Crippen molar-refractivity contribution in [2.24, 2.45) is 5.92 Å². The van der Waals surface area contributed by atoms with Gasteiger partial charge in [0.25, 0.3) is 0 Å². The number of amides is 1. The minimum Gasteiger partial charge on any atom is -0.350 e. The Morgan fingerprint density at radius 2 is 1.86 bits per heavy atom. The highest BCUT2D eigenvalue weighted by Crippen LogP contribution is 2.31. The van der Waals surface area contributed by atoms with Crippen molar-refractivity contribution >= 4 is 11.7 Å². The largest absolute Gasteiger partial charge is 0.350 e. The highest BCUT2D eigenvalue weighted by atomic mass is 16.2. The van der Waals surface area contributed by atoms with Crippen LogP contribution in [0.2, 0.25) is 0 Å². The average Bonchev–Trinajstić information content (AvgIpc) is 3.34. The lowest BCUT2D eigenvalue weighted by Crippen LogP contribution is -2.49. The summed E-state index contributed by atoms with van der Waals surface area (Å²) < 4.78 is 0. The fraction of sp³-hybridized carbons (Fsp3) is 0.600. The molecule has 0 aromatic carbocycles. The molecule has 2 fully saturated rings. The van der Waals surface area contributed by atoms with Crippen molar-refractivity contribution in [2.75, 3.05) is 31.1 Å². The second kappa shape index (κ2) is 5.32. The lowest BCUT2D eigenvalue weighted by atomic mass is 10.1. The summed E-state index contributed by atoms with van der Waals surface area (Å²) >= 11 is 0. The van der Waals surface area contributed by atoms with Crippen molar-refractivity contribution < 1.29 is 4.79 Å². The molecule has 1 saturated heterocycles. The summed E-state index contributed by atoms with van der Waals surface area (Å²) in [5, 5.41) is 17.7. The maximum absolute atomic E-state index is 12.1. The highest BCUT2D eigenvalue weighted by Gasteiger charge is 2.35. The Morgan fingerprint density at radius 3 is 2.43 bits per heavy atom. The first-order chi connectivity index (χ1) is 10.1. The van der Waals surface area contributed by atoms with Gasteiger partial charge in [0.05, 0.1) is 5.69 Å². The average molecular weight is 285 g/mol. The third-order valence-electron chi connectivity index (χ3n) is 4.37. The van der Waals surface area contributed by atoms with Crippen LogP contribution in [0.3, 0.4) is 0 Å². The van der Waals surface area contributed by atoms with Gasteiger partial charge in [-0.1, -0.05) is 0 Å². The molecule has 0 radical (unpaired) electrons. The van der Waals surface area contributed by atoms with Crippen LogP contribution in [0, 0.1) is 31.1 Å². The molecule has 1 saturated carbocycles. The van der Waals surface area contributed by atoms with Crippen LogP contribution in [0.15, 0.2) is 0 Å². The Kier molecular flexibility index (Phi) is 3.50. The molecule has 1 aromatic heterocycles. The van der Waals surface area contributed by atoms with E-state index < -0.39 is 0 Å². The Morgan fingerprint density at radius 1 is 1.19 bits per heavy atom. The summed E-state index contributed by atoms with van der Waals surface area (Å²) in [6, 6.07) is 2.24. The Hall–Kier alpha value is -2.16. The minimum absolute atomic E-state index is 0.271. The van der Waals surface area contributed by atoms with Gasteiger partial charge in [-0.2, -0.15) is 10.4 Å². The van der Waals surface area contributed by atoms with Crippen molar-refractivity contribution in [3.8, 4) is 6.07 Å². The summed E-state index contributed by atoms with van der Waals surface area (Å²) in [6.07, 6.45) is 2.08. The highest BCUT2D eigenvalue weighted by molar-refractivity contribution is 5.81. The predicted molar refractivity (Wildman–Crippen MR) is 77.7 cm³/mol. The van der Waals surface area contributed by atoms with Gasteiger partial charge in [-0.25, -0.2) is 0 Å². The summed E-state index contributed by atoms with van der Waals surface area (Å²) in [7, 11) is 0. The van der Waals surface area contributed by atoms with Crippen molar-refractivity contribution in [2.45, 2.75) is 26.7 Å². The van der Waals surface area contributed by atoms with Crippen LogP contribution in [0.25, 0.3) is 0 Å². The molecule has 21 heavy (non-hydrogen) atoms. The molecule has 1 amide bonds. The fourth-order valence-corrected chi connectivity index (χ4v) is 2.68. The van der Waals surface area contributed by atoms with Crippen molar-refractivity contribution in [1.82, 2.24) is 15.1 Å². The van der Waals surface area contributed by atoms with Crippen molar-refractivity contribution in [3.05, 3.63) is 16.8 Å². The normalized spacial score (nSPS) is 18.5. The van der Waals surface area contributed by atoms with E-state index in [1.54, 1.807) is 0 Å². The lowest BCUT2D eigenvalue weighted by Gasteiger charge is -2.35. The first-order valence-corrected chi connectivity index (χ1v) is 7.39. The maximum atomic E-state index is 12.1. The smallest absolute Gasteiger partial charge is 0.225 e. The number of nitriles is 1. The van der Waals surface area contributed by atoms with Gasteiger partial charge >= 0.3 is 0 Å². The molecule has 1 aromatic rings. The van der Waals surface area contributed by atoms with E-state index in [1.165, 1.54) is 0 Å². The zero-order valence-electron chi connectivity index (χ0n) is 12.5. The van der Waals surface area contributed by atoms with Gasteiger partial charge in [-0.3, -0.25) is 4.79 Å². The summed E-state index contributed by atoms with van der Waals surface area (Å²) in [4.78, 5) is 16.1. The molecule has 110 valence electrons. The maximum Gasteiger partial charge on any atom is 0.225 e. The topological polar surface area (TPSA) is 73.1 Å². The number of nitrogens with zero attached hydrogens (tertiary/aromatic N) is 5. The van der Waals surface area contributed by atoms with Crippen LogP contribution in [0.1, 0.15) is 29.7 Å². The minimum atomic E-state index is 0.271. The van der Waals surface area contributed by atoms with Gasteiger partial charge in [0, 0.05) is 32.1 Å². The number of piperazine rings is 1. The SMILES string of the molecule is Cc1nnc(N2CCN(C(=O)C3CC3)CC2)c(C#N)c1C. The molecule has 2 heterocycles. The van der Waals surface area contributed by atoms with Gasteiger partial charge in [0.1, 0.15) is 11.6 Å². The Labute approximate surface area is 124 Å². The van der Waals surface area contributed by atoms with Gasteiger partial charge < -0.3 is 9.80 Å². The molecule has 0 unspecified atom stereocenters. The second-order valence-electron chi connectivity index (χ2n) is 5.81. The number of hydrogen-bond donors (Lipinski definition) is 0. The molecule has 0 N–H and O–H groups in total. The molecule has 2 aliphatic rings. The lowest BCUT2D eigenvalue weighted by molar-refractivity contribution is -0.132. The molecule has 1 aliphatic heterocycles. The van der Waals surface area contributed by atoms with E-state index in [0.717, 1.165) is 24.1 Å². The summed E-state index contributed by atoms with van der Waals surface area (Å²) in [5.74, 6) is 1.22. The molecule has 6 nitrogen and oxygen atoms in total. The van der Waals surface area contributed by atoms with E-state index in [0.29, 0.717) is 43.5 Å². The van der Waals surface area contributed by atoms with Crippen LogP contribution >= 0.6 is 0 Å². The third-order valence-corrected chi connectivity index (χ3v) is 4.37. The van der Waals surface area contributed by atoms with Gasteiger partial charge in [0.2, 0.25) is 5.91 Å². The molecule has 0 spiro atoms. The molecule has 3 rings (SSSR count). The number of aromatic nitrogens is 2. The quantitative estimate of drug-likeness (QED) is 0.811. The van der Waals surface area contributed by atoms with Gasteiger partial charge in [0.15, 0.2) is 5.82 Å². The van der Waals surface area contributed by atoms with Crippen molar-refractivity contribution in [3.63, 3.8) is 0 Å².